The van der Waals surface area contributed by atoms with Crippen LogP contribution in [0.5, 0.6) is 0 Å². The van der Waals surface area contributed by atoms with Crippen LogP contribution in [-0.4, -0.2) is 46.6 Å². The molecule has 0 spiro atoms. The molecule has 0 amide bonds. The Balaban J connectivity index is 4.14. The van der Waals surface area contributed by atoms with E-state index in [9.17, 15) is 19.8 Å². The highest BCUT2D eigenvalue weighted by Crippen LogP contribution is 2.05. The van der Waals surface area contributed by atoms with Crippen LogP contribution in [0.4, 0.5) is 0 Å². The van der Waals surface area contributed by atoms with Gasteiger partial charge in [-0.3, -0.25) is 0 Å². The third-order valence-electron chi connectivity index (χ3n) is 1.69. The van der Waals surface area contributed by atoms with E-state index in [1.807, 2.05) is 0 Å². The maximum Gasteiger partial charge on any atom is 0.335 e. The van der Waals surface area contributed by atoms with Crippen molar-refractivity contribution >= 4 is 11.9 Å². The Morgan fingerprint density at radius 1 is 0.882 bits per heavy atom. The van der Waals surface area contributed by atoms with Gasteiger partial charge in [0.2, 0.25) is 0 Å². The summed E-state index contributed by atoms with van der Waals surface area (Å²) in [6.45, 7) is 6.53. The molecule has 0 saturated carbocycles. The normalized spacial score (nSPS) is 14.6. The van der Waals surface area contributed by atoms with Crippen molar-refractivity contribution in [3.05, 3.63) is 0 Å². The van der Waals surface area contributed by atoms with Crippen molar-refractivity contribution in [2.75, 3.05) is 0 Å². The van der Waals surface area contributed by atoms with Crippen molar-refractivity contribution < 1.29 is 29.3 Å². The summed E-state index contributed by atoms with van der Waals surface area (Å²) in [4.78, 5) is 22.4. The molecule has 0 aliphatic heterocycles. The zero-order valence-electron chi connectivity index (χ0n) is 10.5. The van der Waals surface area contributed by atoms with Crippen LogP contribution in [0.3, 0.4) is 0 Å². The van der Waals surface area contributed by atoms with Gasteiger partial charge in [0.05, 0.1) is 12.2 Å². The van der Waals surface area contributed by atoms with Gasteiger partial charge >= 0.3 is 11.9 Å². The fourth-order valence-electron chi connectivity index (χ4n) is 1.03. The van der Waals surface area contributed by atoms with E-state index < -0.39 is 30.6 Å². The van der Waals surface area contributed by atoms with Crippen LogP contribution < -0.4 is 0 Å². The van der Waals surface area contributed by atoms with Crippen LogP contribution in [0, 0.1) is 0 Å². The summed E-state index contributed by atoms with van der Waals surface area (Å²) in [6, 6.07) is 0. The lowest BCUT2D eigenvalue weighted by Crippen LogP contribution is -2.34. The minimum atomic E-state index is -1.54. The van der Waals surface area contributed by atoms with Gasteiger partial charge in [-0.2, -0.15) is 0 Å². The minimum Gasteiger partial charge on any atom is -0.461 e. The van der Waals surface area contributed by atoms with Crippen molar-refractivity contribution in [3.63, 3.8) is 0 Å². The second kappa shape index (κ2) is 7.24. The van der Waals surface area contributed by atoms with Crippen LogP contribution in [-0.2, 0) is 19.1 Å². The van der Waals surface area contributed by atoms with Crippen molar-refractivity contribution in [1.82, 2.24) is 0 Å². The van der Waals surface area contributed by atoms with E-state index in [1.165, 1.54) is 0 Å². The Bertz CT molecular complexity index is 235. The molecule has 0 aromatic carbocycles. The third-order valence-corrected chi connectivity index (χ3v) is 1.69. The van der Waals surface area contributed by atoms with Gasteiger partial charge in [0, 0.05) is 6.42 Å². The number of rotatable bonds is 6. The summed E-state index contributed by atoms with van der Waals surface area (Å²) in [6.07, 6.45) is -4.23. The fraction of sp³-hybridized carbons (Fsp3) is 0.818. The highest BCUT2D eigenvalue weighted by atomic mass is 16.6. The van der Waals surface area contributed by atoms with Gasteiger partial charge in [-0.25, -0.2) is 9.59 Å². The second-order valence-electron chi connectivity index (χ2n) is 4.24. The average Bonchev–Trinajstić information content (AvgIpc) is 2.15. The number of carbonyl (C=O) groups excluding carboxylic acids is 2. The number of carbonyl (C=O) groups is 2. The van der Waals surface area contributed by atoms with E-state index in [2.05, 4.69) is 0 Å². The van der Waals surface area contributed by atoms with Crippen LogP contribution in [0.1, 0.15) is 34.1 Å². The summed E-state index contributed by atoms with van der Waals surface area (Å²) in [5, 5.41) is 18.8. The number of aliphatic hydroxyl groups excluding tert-OH is 2. The topological polar surface area (TPSA) is 93.1 Å². The van der Waals surface area contributed by atoms with Crippen molar-refractivity contribution in [2.24, 2.45) is 0 Å². The summed E-state index contributed by atoms with van der Waals surface area (Å²) in [7, 11) is 0. The van der Waals surface area contributed by atoms with Crippen LogP contribution in [0.2, 0.25) is 0 Å². The number of ether oxygens (including phenoxy) is 2. The molecule has 0 bridgehead atoms. The highest BCUT2D eigenvalue weighted by molar-refractivity contribution is 5.78. The molecule has 100 valence electrons. The van der Waals surface area contributed by atoms with E-state index in [4.69, 9.17) is 9.47 Å². The fourth-order valence-corrected chi connectivity index (χ4v) is 1.03. The molecular formula is C11H20O6. The van der Waals surface area contributed by atoms with Gasteiger partial charge < -0.3 is 19.7 Å². The Labute approximate surface area is 101 Å². The summed E-state index contributed by atoms with van der Waals surface area (Å²) in [5.41, 5.74) is 0. The third kappa shape index (κ3) is 6.91. The predicted octanol–water partition coefficient (Wildman–Crippen LogP) is 0.00150. The lowest BCUT2D eigenvalue weighted by atomic mass is 10.1. The second-order valence-corrected chi connectivity index (χ2v) is 4.24. The molecule has 0 aliphatic carbocycles. The molecule has 0 aromatic heterocycles. The molecule has 0 aliphatic rings. The maximum atomic E-state index is 11.2. The first kappa shape index (κ1) is 15.9. The number of aliphatic hydroxyl groups is 2. The van der Waals surface area contributed by atoms with Gasteiger partial charge in [-0.15, -0.1) is 0 Å². The standard InChI is InChI=1S/C11H20O6/c1-6(2)16-10(14)8(12)5-9(13)11(15)17-7(3)4/h6-9,12-13H,5H2,1-4H3/t8-,9-/m0/s1. The zero-order chi connectivity index (χ0) is 13.6. The van der Waals surface area contributed by atoms with Crippen LogP contribution in [0.25, 0.3) is 0 Å². The molecule has 0 heterocycles. The van der Waals surface area contributed by atoms with E-state index in [0.717, 1.165) is 0 Å². The summed E-state index contributed by atoms with van der Waals surface area (Å²) >= 11 is 0. The van der Waals surface area contributed by atoms with Gasteiger partial charge in [-0.05, 0) is 27.7 Å². The quantitative estimate of drug-likeness (QED) is 0.643. The van der Waals surface area contributed by atoms with Crippen molar-refractivity contribution in [2.45, 2.75) is 58.5 Å². The lowest BCUT2D eigenvalue weighted by Gasteiger charge is -2.16. The van der Waals surface area contributed by atoms with Gasteiger partial charge in [0.15, 0.2) is 12.2 Å². The highest BCUT2D eigenvalue weighted by Gasteiger charge is 2.27. The zero-order valence-corrected chi connectivity index (χ0v) is 10.5. The monoisotopic (exact) mass is 248 g/mol. The Hall–Kier alpha value is -1.14. The molecule has 2 N–H and O–H groups in total. The molecule has 6 heteroatoms. The van der Waals surface area contributed by atoms with Crippen molar-refractivity contribution in [3.8, 4) is 0 Å². The molecule has 0 fully saturated rings. The van der Waals surface area contributed by atoms with Gasteiger partial charge in [0.1, 0.15) is 0 Å². The van der Waals surface area contributed by atoms with E-state index in [1.54, 1.807) is 27.7 Å². The lowest BCUT2D eigenvalue weighted by molar-refractivity contribution is -0.164. The van der Waals surface area contributed by atoms with Crippen LogP contribution >= 0.6 is 0 Å². The largest absolute Gasteiger partial charge is 0.461 e. The minimum absolute atomic E-state index is 0.364. The van der Waals surface area contributed by atoms with Gasteiger partial charge in [0.25, 0.3) is 0 Å². The summed E-state index contributed by atoms with van der Waals surface area (Å²) in [5.74, 6) is -1.73. The van der Waals surface area contributed by atoms with E-state index >= 15 is 0 Å². The number of hydrogen-bond acceptors (Lipinski definition) is 6. The van der Waals surface area contributed by atoms with Crippen molar-refractivity contribution in [1.29, 1.82) is 0 Å². The van der Waals surface area contributed by atoms with E-state index in [0.29, 0.717) is 0 Å². The molecule has 0 radical (unpaired) electrons. The molecule has 6 nitrogen and oxygen atoms in total. The first-order valence-electron chi connectivity index (χ1n) is 5.51. The summed E-state index contributed by atoms with van der Waals surface area (Å²) < 4.78 is 9.44. The molecule has 0 rings (SSSR count). The molecule has 0 unspecified atom stereocenters. The molecular weight excluding hydrogens is 228 g/mol. The maximum absolute atomic E-state index is 11.2. The Morgan fingerprint density at radius 3 is 1.41 bits per heavy atom. The smallest absolute Gasteiger partial charge is 0.335 e. The number of hydrogen-bond donors (Lipinski definition) is 2. The predicted molar refractivity (Wildman–Crippen MR) is 59.1 cm³/mol. The van der Waals surface area contributed by atoms with Crippen LogP contribution in [0.15, 0.2) is 0 Å². The SMILES string of the molecule is CC(C)OC(=O)[C@@H](O)C[C@H](O)C(=O)OC(C)C. The molecule has 0 saturated heterocycles. The molecule has 17 heavy (non-hydrogen) atoms. The molecule has 0 aromatic rings. The Morgan fingerprint density at radius 2 is 1.18 bits per heavy atom. The molecule has 2 atom stereocenters. The first-order chi connectivity index (χ1) is 7.73. The first-order valence-corrected chi connectivity index (χ1v) is 5.51. The average molecular weight is 248 g/mol. The van der Waals surface area contributed by atoms with E-state index in [-0.39, 0.29) is 12.2 Å². The van der Waals surface area contributed by atoms with Gasteiger partial charge in [-0.1, -0.05) is 0 Å². The Kier molecular flexibility index (Phi) is 6.75. The number of esters is 2.